The number of rotatable bonds is 3. The summed E-state index contributed by atoms with van der Waals surface area (Å²) in [5.41, 5.74) is 6.39. The molecule has 0 spiro atoms. The Kier molecular flexibility index (Phi) is 3.88. The van der Waals surface area contributed by atoms with Gasteiger partial charge in [0.05, 0.1) is 0 Å². The highest BCUT2D eigenvalue weighted by Crippen LogP contribution is 2.33. The first-order valence-electron chi connectivity index (χ1n) is 6.83. The molecule has 0 atom stereocenters. The van der Waals surface area contributed by atoms with E-state index in [0.29, 0.717) is 0 Å². The van der Waals surface area contributed by atoms with E-state index < -0.39 is 0 Å². The van der Waals surface area contributed by atoms with Gasteiger partial charge in [-0.05, 0) is 53.7 Å². The second-order valence-corrected chi connectivity index (χ2v) is 5.62. The van der Waals surface area contributed by atoms with E-state index in [-0.39, 0.29) is 0 Å². The molecule has 0 unspecified atom stereocenters. The molecule has 3 heteroatoms. The van der Waals surface area contributed by atoms with Gasteiger partial charge in [0.15, 0.2) is 0 Å². The van der Waals surface area contributed by atoms with Gasteiger partial charge in [-0.1, -0.05) is 36.4 Å². The fourth-order valence-electron chi connectivity index (χ4n) is 2.80. The van der Waals surface area contributed by atoms with Crippen LogP contribution in [0.4, 0.5) is 0 Å². The molecule has 1 N–H and O–H groups in total. The molecule has 2 radical (unpaired) electrons. The summed E-state index contributed by atoms with van der Waals surface area (Å²) in [6, 6.07) is 16.9. The molecule has 2 aromatic rings. The van der Waals surface area contributed by atoms with Crippen LogP contribution in [0.1, 0.15) is 23.1 Å². The SMILES string of the molecule is [B]NC1=C(Cc2ccccc2)c2cc(S)ccc2CC1. The Morgan fingerprint density at radius 2 is 1.85 bits per heavy atom. The summed E-state index contributed by atoms with van der Waals surface area (Å²) in [4.78, 5) is 0.993. The molecule has 1 aliphatic rings. The van der Waals surface area contributed by atoms with Crippen LogP contribution in [0.5, 0.6) is 0 Å². The van der Waals surface area contributed by atoms with Crippen LogP contribution in [0.3, 0.4) is 0 Å². The van der Waals surface area contributed by atoms with Crippen molar-refractivity contribution < 1.29 is 0 Å². The Balaban J connectivity index is 2.05. The van der Waals surface area contributed by atoms with Crippen LogP contribution < -0.4 is 5.23 Å². The summed E-state index contributed by atoms with van der Waals surface area (Å²) in [5.74, 6) is 0. The number of allylic oxidation sites excluding steroid dienone is 2. The number of hydrogen-bond donors (Lipinski definition) is 2. The molecule has 1 nitrogen and oxygen atoms in total. The van der Waals surface area contributed by atoms with E-state index in [1.54, 1.807) is 0 Å². The third-order valence-electron chi connectivity index (χ3n) is 3.83. The summed E-state index contributed by atoms with van der Waals surface area (Å²) >= 11 is 4.47. The summed E-state index contributed by atoms with van der Waals surface area (Å²) in [6.07, 6.45) is 2.89. The number of hydrogen-bond acceptors (Lipinski definition) is 2. The zero-order chi connectivity index (χ0) is 13.9. The molecular weight excluding hydrogens is 261 g/mol. The maximum absolute atomic E-state index is 5.72. The Labute approximate surface area is 126 Å². The van der Waals surface area contributed by atoms with E-state index in [1.807, 2.05) is 6.07 Å². The normalized spacial score (nSPS) is 14.1. The minimum atomic E-state index is 0.893. The Bertz CT molecular complexity index is 649. The van der Waals surface area contributed by atoms with Crippen molar-refractivity contribution >= 4 is 26.2 Å². The lowest BCUT2D eigenvalue weighted by molar-refractivity contribution is 0.865. The van der Waals surface area contributed by atoms with Crippen molar-refractivity contribution in [1.82, 2.24) is 5.23 Å². The van der Waals surface area contributed by atoms with Crippen LogP contribution in [-0.4, -0.2) is 7.98 Å². The molecule has 0 saturated carbocycles. The Hall–Kier alpha value is -1.61. The zero-order valence-electron chi connectivity index (χ0n) is 11.3. The van der Waals surface area contributed by atoms with Crippen molar-refractivity contribution in [2.24, 2.45) is 0 Å². The molecule has 3 rings (SSSR count). The van der Waals surface area contributed by atoms with Gasteiger partial charge >= 0.3 is 0 Å². The highest BCUT2D eigenvalue weighted by Gasteiger charge is 2.18. The first-order valence-corrected chi connectivity index (χ1v) is 7.27. The van der Waals surface area contributed by atoms with E-state index in [0.717, 1.165) is 29.9 Å². The van der Waals surface area contributed by atoms with Crippen molar-refractivity contribution in [1.29, 1.82) is 0 Å². The summed E-state index contributed by atoms with van der Waals surface area (Å²) in [7, 11) is 5.72. The van der Waals surface area contributed by atoms with Crippen molar-refractivity contribution in [2.75, 3.05) is 0 Å². The molecule has 2 aromatic carbocycles. The van der Waals surface area contributed by atoms with Crippen molar-refractivity contribution in [3.05, 3.63) is 70.9 Å². The van der Waals surface area contributed by atoms with Crippen LogP contribution in [0.25, 0.3) is 5.57 Å². The maximum Gasteiger partial charge on any atom is 0.222 e. The second-order valence-electron chi connectivity index (χ2n) is 5.11. The van der Waals surface area contributed by atoms with E-state index in [1.165, 1.54) is 22.3 Å². The Morgan fingerprint density at radius 3 is 2.60 bits per heavy atom. The van der Waals surface area contributed by atoms with Crippen LogP contribution in [0.2, 0.25) is 0 Å². The quantitative estimate of drug-likeness (QED) is 0.646. The highest BCUT2D eigenvalue weighted by atomic mass is 32.1. The predicted molar refractivity (Wildman–Crippen MR) is 88.0 cm³/mol. The molecule has 98 valence electrons. The number of benzene rings is 2. The minimum absolute atomic E-state index is 0.893. The lowest BCUT2D eigenvalue weighted by Gasteiger charge is -2.24. The highest BCUT2D eigenvalue weighted by molar-refractivity contribution is 7.80. The molecule has 0 saturated heterocycles. The molecule has 0 bridgehead atoms. The third-order valence-corrected chi connectivity index (χ3v) is 4.10. The van der Waals surface area contributed by atoms with Crippen molar-refractivity contribution in [3.63, 3.8) is 0 Å². The van der Waals surface area contributed by atoms with Gasteiger partial charge in [-0.15, -0.1) is 12.6 Å². The smallest absolute Gasteiger partial charge is 0.222 e. The number of fused-ring (bicyclic) bond motifs is 1. The summed E-state index contributed by atoms with van der Waals surface area (Å²) < 4.78 is 0. The number of aryl methyl sites for hydroxylation is 1. The fourth-order valence-corrected chi connectivity index (χ4v) is 3.00. The van der Waals surface area contributed by atoms with Gasteiger partial charge in [0.2, 0.25) is 7.98 Å². The lowest BCUT2D eigenvalue weighted by Crippen LogP contribution is -2.17. The van der Waals surface area contributed by atoms with Gasteiger partial charge < -0.3 is 5.23 Å². The third kappa shape index (κ3) is 2.64. The van der Waals surface area contributed by atoms with E-state index in [4.69, 9.17) is 7.98 Å². The zero-order valence-corrected chi connectivity index (χ0v) is 12.2. The van der Waals surface area contributed by atoms with Crippen LogP contribution in [-0.2, 0) is 12.8 Å². The first kappa shape index (κ1) is 13.4. The maximum atomic E-state index is 5.72. The molecule has 0 aliphatic heterocycles. The average Bonchev–Trinajstić information content (AvgIpc) is 2.49. The van der Waals surface area contributed by atoms with Gasteiger partial charge in [-0.25, -0.2) is 0 Å². The van der Waals surface area contributed by atoms with E-state index in [9.17, 15) is 0 Å². The van der Waals surface area contributed by atoms with Gasteiger partial charge in [0, 0.05) is 10.6 Å². The molecule has 0 fully saturated rings. The monoisotopic (exact) mass is 277 g/mol. The van der Waals surface area contributed by atoms with E-state index in [2.05, 4.69) is 60.3 Å². The molecule has 1 aliphatic carbocycles. The van der Waals surface area contributed by atoms with Gasteiger partial charge in [0.1, 0.15) is 0 Å². The number of thiol groups is 1. The molecule has 0 amide bonds. The second kappa shape index (κ2) is 5.80. The topological polar surface area (TPSA) is 12.0 Å². The van der Waals surface area contributed by atoms with E-state index >= 15 is 0 Å². The molecule has 20 heavy (non-hydrogen) atoms. The Morgan fingerprint density at radius 1 is 1.05 bits per heavy atom. The van der Waals surface area contributed by atoms with Gasteiger partial charge in [-0.3, -0.25) is 0 Å². The first-order chi connectivity index (χ1) is 9.78. The molecule has 0 aromatic heterocycles. The lowest BCUT2D eigenvalue weighted by atomic mass is 9.85. The van der Waals surface area contributed by atoms with Crippen LogP contribution >= 0.6 is 12.6 Å². The molecular formula is C17H16BNS. The minimum Gasteiger partial charge on any atom is -0.440 e. The van der Waals surface area contributed by atoms with Crippen LogP contribution in [0, 0.1) is 0 Å². The predicted octanol–water partition coefficient (Wildman–Crippen LogP) is 3.55. The largest absolute Gasteiger partial charge is 0.440 e. The fraction of sp³-hybridized carbons (Fsp3) is 0.176. The average molecular weight is 277 g/mol. The van der Waals surface area contributed by atoms with Gasteiger partial charge in [0.25, 0.3) is 0 Å². The van der Waals surface area contributed by atoms with Crippen molar-refractivity contribution in [2.45, 2.75) is 24.2 Å². The summed E-state index contributed by atoms with van der Waals surface area (Å²) in [6.45, 7) is 0. The number of nitrogens with one attached hydrogen (secondary N) is 1. The standard InChI is InChI=1S/C17H16BNS/c18-19-17-9-7-13-6-8-14(20)11-15(13)16(17)10-12-4-2-1-3-5-12/h1-6,8,11,19-20H,7,9-10H2. The van der Waals surface area contributed by atoms with Crippen LogP contribution in [0.15, 0.2) is 59.1 Å². The molecule has 0 heterocycles. The summed E-state index contributed by atoms with van der Waals surface area (Å²) in [5, 5.41) is 2.89. The van der Waals surface area contributed by atoms with Gasteiger partial charge in [-0.2, -0.15) is 0 Å². The van der Waals surface area contributed by atoms with Crippen molar-refractivity contribution in [3.8, 4) is 0 Å².